The lowest BCUT2D eigenvalue weighted by atomic mass is 9.89. The van der Waals surface area contributed by atoms with Crippen molar-refractivity contribution in [1.82, 2.24) is 4.90 Å². The van der Waals surface area contributed by atoms with E-state index in [4.69, 9.17) is 4.74 Å². The van der Waals surface area contributed by atoms with Gasteiger partial charge in [0.1, 0.15) is 0 Å². The van der Waals surface area contributed by atoms with Crippen LogP contribution >= 0.6 is 0 Å². The van der Waals surface area contributed by atoms with Crippen LogP contribution in [-0.4, -0.2) is 42.9 Å². The van der Waals surface area contributed by atoms with E-state index in [2.05, 4.69) is 0 Å². The molecule has 3 rings (SSSR count). The molecule has 1 fully saturated rings. The minimum absolute atomic E-state index is 0.00668. The second-order valence-electron chi connectivity index (χ2n) is 6.39. The van der Waals surface area contributed by atoms with Crippen LogP contribution in [0, 0.1) is 6.92 Å². The van der Waals surface area contributed by atoms with Crippen molar-refractivity contribution >= 4 is 11.7 Å². The van der Waals surface area contributed by atoms with E-state index in [9.17, 15) is 9.59 Å². The first-order valence-electron chi connectivity index (χ1n) is 8.66. The highest BCUT2D eigenvalue weighted by Crippen LogP contribution is 2.25. The Balaban J connectivity index is 1.84. The minimum Gasteiger partial charge on any atom is -0.378 e. The Morgan fingerprint density at radius 1 is 1.00 bits per heavy atom. The molecule has 2 aromatic carbocycles. The molecule has 0 unspecified atom stereocenters. The number of aryl methyl sites for hydroxylation is 1. The molecular formula is C21H23NO3. The molecule has 2 aromatic rings. The van der Waals surface area contributed by atoms with Gasteiger partial charge in [0.05, 0.1) is 19.1 Å². The Hall–Kier alpha value is -2.46. The molecule has 1 amide bonds. The fraction of sp³-hybridized carbons (Fsp3) is 0.333. The van der Waals surface area contributed by atoms with Gasteiger partial charge >= 0.3 is 0 Å². The summed E-state index contributed by atoms with van der Waals surface area (Å²) in [5.41, 5.74) is 2.68. The summed E-state index contributed by atoms with van der Waals surface area (Å²) in [4.78, 5) is 27.6. The largest absolute Gasteiger partial charge is 0.378 e. The summed E-state index contributed by atoms with van der Waals surface area (Å²) in [5, 5.41) is 0. The highest BCUT2D eigenvalue weighted by atomic mass is 16.5. The normalized spacial score (nSPS) is 15.6. The van der Waals surface area contributed by atoms with E-state index < -0.39 is 5.92 Å². The zero-order valence-corrected chi connectivity index (χ0v) is 14.5. The molecule has 0 radical (unpaired) electrons. The lowest BCUT2D eigenvalue weighted by Crippen LogP contribution is -2.43. The van der Waals surface area contributed by atoms with Crippen LogP contribution < -0.4 is 0 Å². The van der Waals surface area contributed by atoms with Crippen LogP contribution in [0.25, 0.3) is 0 Å². The summed E-state index contributed by atoms with van der Waals surface area (Å²) in [7, 11) is 0. The van der Waals surface area contributed by atoms with Gasteiger partial charge in [-0.1, -0.05) is 60.2 Å². The first-order chi connectivity index (χ1) is 12.1. The first kappa shape index (κ1) is 17.4. The number of Topliss-reactive ketones (excluding diaryl/α,β-unsaturated/α-hetero) is 1. The Morgan fingerprint density at radius 3 is 2.28 bits per heavy atom. The predicted molar refractivity (Wildman–Crippen MR) is 96.7 cm³/mol. The number of nitrogens with zero attached hydrogens (tertiary/aromatic N) is 1. The molecule has 0 N–H and O–H groups in total. The molecule has 0 saturated carbocycles. The van der Waals surface area contributed by atoms with Crippen LogP contribution in [0.15, 0.2) is 54.6 Å². The van der Waals surface area contributed by atoms with Gasteiger partial charge in [0, 0.05) is 25.1 Å². The maximum Gasteiger partial charge on any atom is 0.230 e. The van der Waals surface area contributed by atoms with Gasteiger partial charge in [0.15, 0.2) is 5.78 Å². The molecule has 130 valence electrons. The number of hydrogen-bond donors (Lipinski definition) is 0. The van der Waals surface area contributed by atoms with E-state index in [1.807, 2.05) is 54.3 Å². The molecule has 4 heteroatoms. The molecular weight excluding hydrogens is 314 g/mol. The van der Waals surface area contributed by atoms with Gasteiger partial charge in [-0.3, -0.25) is 9.59 Å². The van der Waals surface area contributed by atoms with Crippen molar-refractivity contribution < 1.29 is 14.3 Å². The zero-order chi connectivity index (χ0) is 17.6. The Morgan fingerprint density at radius 2 is 1.64 bits per heavy atom. The van der Waals surface area contributed by atoms with Crippen LogP contribution in [0.3, 0.4) is 0 Å². The van der Waals surface area contributed by atoms with E-state index in [-0.39, 0.29) is 18.1 Å². The molecule has 0 bridgehead atoms. The predicted octanol–water partition coefficient (Wildman–Crippen LogP) is 3.21. The molecule has 1 aliphatic heterocycles. The number of rotatable bonds is 5. The summed E-state index contributed by atoms with van der Waals surface area (Å²) < 4.78 is 5.34. The van der Waals surface area contributed by atoms with Crippen LogP contribution in [0.2, 0.25) is 0 Å². The van der Waals surface area contributed by atoms with Crippen LogP contribution in [0.5, 0.6) is 0 Å². The van der Waals surface area contributed by atoms with Crippen molar-refractivity contribution in [2.24, 2.45) is 0 Å². The van der Waals surface area contributed by atoms with Crippen molar-refractivity contribution in [3.8, 4) is 0 Å². The highest BCUT2D eigenvalue weighted by Gasteiger charge is 2.29. The molecule has 1 aliphatic rings. The van der Waals surface area contributed by atoms with Gasteiger partial charge in [0.2, 0.25) is 5.91 Å². The van der Waals surface area contributed by atoms with Crippen molar-refractivity contribution in [2.45, 2.75) is 19.3 Å². The standard InChI is InChI=1S/C21H23NO3/c1-16-7-9-17(10-8-16)19(21(24)22-11-13-25-14-12-22)15-20(23)18-5-3-2-4-6-18/h2-10,19H,11-15H2,1H3/t19-/m1/s1. The topological polar surface area (TPSA) is 46.6 Å². The molecule has 0 aliphatic carbocycles. The average Bonchev–Trinajstić information content (AvgIpc) is 2.67. The second kappa shape index (κ2) is 8.08. The summed E-state index contributed by atoms with van der Waals surface area (Å²) >= 11 is 0. The lowest BCUT2D eigenvalue weighted by molar-refractivity contribution is -0.136. The third kappa shape index (κ3) is 4.34. The number of benzene rings is 2. The minimum atomic E-state index is -0.452. The third-order valence-electron chi connectivity index (χ3n) is 4.59. The number of morpholine rings is 1. The average molecular weight is 337 g/mol. The number of hydrogen-bond acceptors (Lipinski definition) is 3. The van der Waals surface area contributed by atoms with Gasteiger partial charge in [-0.15, -0.1) is 0 Å². The molecule has 25 heavy (non-hydrogen) atoms. The van der Waals surface area contributed by atoms with Gasteiger partial charge in [0.25, 0.3) is 0 Å². The number of ether oxygens (including phenoxy) is 1. The van der Waals surface area contributed by atoms with Gasteiger partial charge in [-0.05, 0) is 12.5 Å². The number of carbonyl (C=O) groups excluding carboxylic acids is 2. The SMILES string of the molecule is Cc1ccc([C@@H](CC(=O)c2ccccc2)C(=O)N2CCOCC2)cc1. The Bertz CT molecular complexity index is 719. The van der Waals surface area contributed by atoms with E-state index in [0.717, 1.165) is 11.1 Å². The molecule has 1 heterocycles. The summed E-state index contributed by atoms with van der Waals surface area (Å²) in [6, 6.07) is 17.1. The summed E-state index contributed by atoms with van der Waals surface area (Å²) in [5.74, 6) is -0.448. The molecule has 1 atom stereocenters. The lowest BCUT2D eigenvalue weighted by Gasteiger charge is -2.30. The maximum absolute atomic E-state index is 13.1. The Labute approximate surface area is 148 Å². The number of amides is 1. The molecule has 4 nitrogen and oxygen atoms in total. The van der Waals surface area contributed by atoms with Crippen molar-refractivity contribution in [1.29, 1.82) is 0 Å². The highest BCUT2D eigenvalue weighted by molar-refractivity contribution is 6.00. The fourth-order valence-corrected chi connectivity index (χ4v) is 3.08. The summed E-state index contributed by atoms with van der Waals surface area (Å²) in [6.07, 6.45) is 0.184. The van der Waals surface area contributed by atoms with Crippen LogP contribution in [-0.2, 0) is 9.53 Å². The Kier molecular flexibility index (Phi) is 5.61. The van der Waals surface area contributed by atoms with E-state index >= 15 is 0 Å². The first-order valence-corrected chi connectivity index (χ1v) is 8.66. The smallest absolute Gasteiger partial charge is 0.230 e. The maximum atomic E-state index is 13.1. The van der Waals surface area contributed by atoms with E-state index in [1.165, 1.54) is 0 Å². The van der Waals surface area contributed by atoms with Crippen LogP contribution in [0.4, 0.5) is 0 Å². The van der Waals surface area contributed by atoms with Gasteiger partial charge < -0.3 is 9.64 Å². The summed E-state index contributed by atoms with van der Waals surface area (Å²) in [6.45, 7) is 4.29. The molecule has 0 aromatic heterocycles. The number of ketones is 1. The zero-order valence-electron chi connectivity index (χ0n) is 14.5. The fourth-order valence-electron chi connectivity index (χ4n) is 3.08. The molecule has 1 saturated heterocycles. The second-order valence-corrected chi connectivity index (χ2v) is 6.39. The van der Waals surface area contributed by atoms with Crippen molar-refractivity contribution in [2.75, 3.05) is 26.3 Å². The monoisotopic (exact) mass is 337 g/mol. The van der Waals surface area contributed by atoms with E-state index in [1.54, 1.807) is 12.1 Å². The van der Waals surface area contributed by atoms with Crippen molar-refractivity contribution in [3.05, 3.63) is 71.3 Å². The molecule has 0 spiro atoms. The van der Waals surface area contributed by atoms with Gasteiger partial charge in [-0.25, -0.2) is 0 Å². The quantitative estimate of drug-likeness (QED) is 0.787. The number of carbonyl (C=O) groups is 2. The van der Waals surface area contributed by atoms with Crippen molar-refractivity contribution in [3.63, 3.8) is 0 Å². The third-order valence-corrected chi connectivity index (χ3v) is 4.59. The van der Waals surface area contributed by atoms with E-state index in [0.29, 0.717) is 31.9 Å². The van der Waals surface area contributed by atoms with Gasteiger partial charge in [-0.2, -0.15) is 0 Å². The van der Waals surface area contributed by atoms with Crippen LogP contribution in [0.1, 0.15) is 33.8 Å².